The molecule has 0 aliphatic carbocycles. The number of ether oxygens (including phenoxy) is 2. The van der Waals surface area contributed by atoms with Crippen molar-refractivity contribution < 1.29 is 22.6 Å². The molecule has 0 fully saturated rings. The van der Waals surface area contributed by atoms with Gasteiger partial charge in [-0.05, 0) is 32.3 Å². The quantitative estimate of drug-likeness (QED) is 0.446. The first kappa shape index (κ1) is 19.3. The van der Waals surface area contributed by atoms with Gasteiger partial charge in [-0.25, -0.2) is 0 Å². The minimum Gasteiger partial charge on any atom is -0.493 e. The molecule has 0 N–H and O–H groups in total. The Morgan fingerprint density at radius 3 is 2.48 bits per heavy atom. The molecule has 1 atom stereocenters. The van der Waals surface area contributed by atoms with Crippen LogP contribution in [0.25, 0.3) is 0 Å². The number of allylic oxidation sites excluding steroid dienone is 2. The van der Waals surface area contributed by atoms with Crippen LogP contribution in [0.2, 0.25) is 0 Å². The lowest BCUT2D eigenvalue weighted by molar-refractivity contribution is -0.0949. The highest BCUT2D eigenvalue weighted by atomic mass is 19.4. The zero-order valence-electron chi connectivity index (χ0n) is 13.5. The molecule has 0 saturated heterocycles. The summed E-state index contributed by atoms with van der Waals surface area (Å²) in [6, 6.07) is 9.66. The van der Waals surface area contributed by atoms with E-state index in [2.05, 4.69) is 6.58 Å². The fourth-order valence-corrected chi connectivity index (χ4v) is 2.04. The van der Waals surface area contributed by atoms with E-state index < -0.39 is 11.7 Å². The average molecular weight is 328 g/mol. The van der Waals surface area contributed by atoms with Gasteiger partial charge in [-0.15, -0.1) is 0 Å². The second-order valence-electron chi connectivity index (χ2n) is 5.30. The van der Waals surface area contributed by atoms with Gasteiger partial charge >= 0.3 is 6.18 Å². The van der Waals surface area contributed by atoms with Gasteiger partial charge in [0.15, 0.2) is 0 Å². The van der Waals surface area contributed by atoms with Crippen molar-refractivity contribution in [3.8, 4) is 0 Å². The Kier molecular flexibility index (Phi) is 7.89. The van der Waals surface area contributed by atoms with Crippen LogP contribution in [0.5, 0.6) is 0 Å². The first-order chi connectivity index (χ1) is 10.8. The van der Waals surface area contributed by atoms with E-state index in [9.17, 15) is 13.2 Å². The van der Waals surface area contributed by atoms with Crippen LogP contribution in [0.3, 0.4) is 0 Å². The standard InChI is InChI=1S/C18H23F3O2/c1-4-17(18(19,20)21)11-10-14(2)23-15(3)12-22-13-16-8-6-5-7-9-16/h4-9,14H,3,10-13H2,1-2H3/b17-4+. The van der Waals surface area contributed by atoms with Crippen LogP contribution in [0.15, 0.2) is 54.3 Å². The highest BCUT2D eigenvalue weighted by molar-refractivity contribution is 5.13. The fourth-order valence-electron chi connectivity index (χ4n) is 2.04. The topological polar surface area (TPSA) is 18.5 Å². The van der Waals surface area contributed by atoms with E-state index in [1.165, 1.54) is 6.92 Å². The molecule has 1 aromatic rings. The Bertz CT molecular complexity index is 507. The van der Waals surface area contributed by atoms with Gasteiger partial charge in [0.05, 0.1) is 12.7 Å². The largest absolute Gasteiger partial charge is 0.493 e. The third-order valence-electron chi connectivity index (χ3n) is 3.28. The maximum absolute atomic E-state index is 12.6. The number of hydrogen-bond donors (Lipinski definition) is 0. The molecule has 0 amide bonds. The molecule has 1 rings (SSSR count). The summed E-state index contributed by atoms with van der Waals surface area (Å²) in [5.41, 5.74) is 0.509. The van der Waals surface area contributed by atoms with Crippen LogP contribution in [0, 0.1) is 0 Å². The molecule has 0 spiro atoms. The molecule has 0 heterocycles. The predicted molar refractivity (Wildman–Crippen MR) is 84.8 cm³/mol. The highest BCUT2D eigenvalue weighted by Crippen LogP contribution is 2.29. The number of alkyl halides is 3. The number of halogens is 3. The molecular weight excluding hydrogens is 305 g/mol. The average Bonchev–Trinajstić information content (AvgIpc) is 2.47. The summed E-state index contributed by atoms with van der Waals surface area (Å²) >= 11 is 0. The molecule has 1 aromatic carbocycles. The molecule has 128 valence electrons. The van der Waals surface area contributed by atoms with Gasteiger partial charge < -0.3 is 9.47 Å². The molecule has 2 nitrogen and oxygen atoms in total. The van der Waals surface area contributed by atoms with Gasteiger partial charge in [-0.3, -0.25) is 0 Å². The molecule has 0 bridgehead atoms. The van der Waals surface area contributed by atoms with E-state index >= 15 is 0 Å². The maximum atomic E-state index is 12.6. The minimum absolute atomic E-state index is 0.0701. The van der Waals surface area contributed by atoms with Gasteiger partial charge in [-0.2, -0.15) is 13.2 Å². The van der Waals surface area contributed by atoms with E-state index in [0.29, 0.717) is 12.4 Å². The van der Waals surface area contributed by atoms with Crippen molar-refractivity contribution in [2.75, 3.05) is 6.61 Å². The zero-order chi connectivity index (χ0) is 17.3. The fraction of sp³-hybridized carbons (Fsp3) is 0.444. The Balaban J connectivity index is 2.26. The second kappa shape index (κ2) is 9.40. The SMILES string of the molecule is C=C(COCc1ccccc1)OC(C)CC/C(=C\C)C(F)(F)F. The lowest BCUT2D eigenvalue weighted by Gasteiger charge is -2.18. The Morgan fingerprint density at radius 2 is 1.91 bits per heavy atom. The third-order valence-corrected chi connectivity index (χ3v) is 3.28. The second-order valence-corrected chi connectivity index (χ2v) is 5.30. The van der Waals surface area contributed by atoms with Crippen LogP contribution in [-0.2, 0) is 16.1 Å². The summed E-state index contributed by atoms with van der Waals surface area (Å²) in [5.74, 6) is 0.419. The van der Waals surface area contributed by atoms with E-state index in [1.54, 1.807) is 6.92 Å². The zero-order valence-corrected chi connectivity index (χ0v) is 13.5. The van der Waals surface area contributed by atoms with Gasteiger partial charge in [0.1, 0.15) is 12.4 Å². The first-order valence-electron chi connectivity index (χ1n) is 7.51. The molecule has 0 aromatic heterocycles. The van der Waals surface area contributed by atoms with Crippen molar-refractivity contribution in [2.24, 2.45) is 0 Å². The molecule has 0 aliphatic rings. The van der Waals surface area contributed by atoms with Crippen LogP contribution in [-0.4, -0.2) is 18.9 Å². The maximum Gasteiger partial charge on any atom is 0.412 e. The normalized spacial score (nSPS) is 13.7. The van der Waals surface area contributed by atoms with Crippen LogP contribution in [0.1, 0.15) is 32.3 Å². The monoisotopic (exact) mass is 328 g/mol. The summed E-state index contributed by atoms with van der Waals surface area (Å²) in [4.78, 5) is 0. The number of rotatable bonds is 9. The van der Waals surface area contributed by atoms with Crippen LogP contribution < -0.4 is 0 Å². The van der Waals surface area contributed by atoms with E-state index in [4.69, 9.17) is 9.47 Å². The van der Waals surface area contributed by atoms with Crippen molar-refractivity contribution >= 4 is 0 Å². The minimum atomic E-state index is -4.27. The molecule has 5 heteroatoms. The van der Waals surface area contributed by atoms with Crippen molar-refractivity contribution in [3.63, 3.8) is 0 Å². The summed E-state index contributed by atoms with van der Waals surface area (Å²) in [6.07, 6.45) is -3.31. The number of hydrogen-bond acceptors (Lipinski definition) is 2. The van der Waals surface area contributed by atoms with Crippen molar-refractivity contribution in [3.05, 3.63) is 59.9 Å². The Morgan fingerprint density at radius 1 is 1.26 bits per heavy atom. The summed E-state index contributed by atoms with van der Waals surface area (Å²) in [5, 5.41) is 0. The van der Waals surface area contributed by atoms with Gasteiger partial charge in [0, 0.05) is 5.57 Å². The van der Waals surface area contributed by atoms with E-state index in [1.807, 2.05) is 30.3 Å². The van der Waals surface area contributed by atoms with E-state index in [-0.39, 0.29) is 25.6 Å². The van der Waals surface area contributed by atoms with Gasteiger partial charge in [-0.1, -0.05) is 43.0 Å². The van der Waals surface area contributed by atoms with Crippen molar-refractivity contribution in [1.29, 1.82) is 0 Å². The smallest absolute Gasteiger partial charge is 0.412 e. The third kappa shape index (κ3) is 7.88. The van der Waals surface area contributed by atoms with Gasteiger partial charge in [0.2, 0.25) is 0 Å². The lowest BCUT2D eigenvalue weighted by atomic mass is 10.1. The molecular formula is C18H23F3O2. The van der Waals surface area contributed by atoms with Crippen molar-refractivity contribution in [2.45, 2.75) is 45.6 Å². The molecule has 0 saturated carbocycles. The van der Waals surface area contributed by atoms with Crippen LogP contribution in [0.4, 0.5) is 13.2 Å². The van der Waals surface area contributed by atoms with Crippen molar-refractivity contribution in [1.82, 2.24) is 0 Å². The lowest BCUT2D eigenvalue weighted by Crippen LogP contribution is -2.16. The molecule has 0 radical (unpaired) electrons. The molecule has 1 unspecified atom stereocenters. The number of benzene rings is 1. The highest BCUT2D eigenvalue weighted by Gasteiger charge is 2.32. The Labute approximate surface area is 135 Å². The van der Waals surface area contributed by atoms with E-state index in [0.717, 1.165) is 11.6 Å². The summed E-state index contributed by atoms with van der Waals surface area (Å²) in [6.45, 7) is 7.52. The summed E-state index contributed by atoms with van der Waals surface area (Å²) in [7, 11) is 0. The Hall–Kier alpha value is -1.75. The van der Waals surface area contributed by atoms with Crippen LogP contribution >= 0.6 is 0 Å². The molecule has 23 heavy (non-hydrogen) atoms. The molecule has 0 aliphatic heterocycles. The summed E-state index contributed by atoms with van der Waals surface area (Å²) < 4.78 is 48.8. The predicted octanol–water partition coefficient (Wildman–Crippen LogP) is 5.41. The van der Waals surface area contributed by atoms with Gasteiger partial charge in [0.25, 0.3) is 0 Å². The first-order valence-corrected chi connectivity index (χ1v) is 7.51.